The molecule has 0 saturated carbocycles. The van der Waals surface area contributed by atoms with Crippen molar-refractivity contribution in [1.29, 1.82) is 0 Å². The molecule has 1 N–H and O–H groups in total. The Kier molecular flexibility index (Phi) is 5.60. The van der Waals surface area contributed by atoms with Crippen molar-refractivity contribution in [3.05, 3.63) is 30.0 Å². The van der Waals surface area contributed by atoms with E-state index in [1.807, 2.05) is 26.0 Å². The van der Waals surface area contributed by atoms with Gasteiger partial charge in [-0.05, 0) is 12.1 Å². The van der Waals surface area contributed by atoms with Crippen LogP contribution >= 0.6 is 0 Å². The number of hydrogen-bond acceptors (Lipinski definition) is 7. The molecular weight excluding hydrogens is 322 g/mol. The number of pyridine rings is 1. The van der Waals surface area contributed by atoms with E-state index in [1.165, 1.54) is 0 Å². The summed E-state index contributed by atoms with van der Waals surface area (Å²) in [6, 6.07) is 3.77. The standard InChI is InChI=1S/C17H23N5O3/c1-12(2)17-20-16(25-21-17)6-5-15(23)19-13-3-4-14(18-11-13)22-7-9-24-10-8-22/h3-4,11-12H,5-10H2,1-2H3,(H,19,23). The number of carbonyl (C=O) groups excluding carboxylic acids is 1. The topological polar surface area (TPSA) is 93.4 Å². The summed E-state index contributed by atoms with van der Waals surface area (Å²) < 4.78 is 10.5. The van der Waals surface area contributed by atoms with Crippen molar-refractivity contribution in [2.24, 2.45) is 0 Å². The number of amides is 1. The maximum Gasteiger partial charge on any atom is 0.227 e. The molecule has 0 aromatic carbocycles. The number of carbonyl (C=O) groups is 1. The second-order valence-electron chi connectivity index (χ2n) is 6.25. The molecule has 0 spiro atoms. The Morgan fingerprint density at radius 2 is 2.12 bits per heavy atom. The molecule has 2 aromatic rings. The second-order valence-corrected chi connectivity index (χ2v) is 6.25. The molecule has 1 amide bonds. The number of morpholine rings is 1. The van der Waals surface area contributed by atoms with E-state index in [9.17, 15) is 4.79 Å². The SMILES string of the molecule is CC(C)c1noc(CCC(=O)Nc2ccc(N3CCOCC3)nc2)n1. The van der Waals surface area contributed by atoms with Crippen molar-refractivity contribution in [2.75, 3.05) is 36.5 Å². The first kappa shape index (κ1) is 17.3. The molecule has 3 rings (SSSR count). The first-order valence-electron chi connectivity index (χ1n) is 8.53. The van der Waals surface area contributed by atoms with Gasteiger partial charge in [-0.1, -0.05) is 19.0 Å². The van der Waals surface area contributed by atoms with Gasteiger partial charge in [-0.3, -0.25) is 4.79 Å². The highest BCUT2D eigenvalue weighted by atomic mass is 16.5. The summed E-state index contributed by atoms with van der Waals surface area (Å²) >= 11 is 0. The Labute approximate surface area is 146 Å². The van der Waals surface area contributed by atoms with Crippen LogP contribution in [0.15, 0.2) is 22.9 Å². The number of nitrogens with one attached hydrogen (secondary N) is 1. The molecule has 0 radical (unpaired) electrons. The Bertz CT molecular complexity index is 693. The summed E-state index contributed by atoms with van der Waals surface area (Å²) in [6.07, 6.45) is 2.38. The number of rotatable bonds is 6. The van der Waals surface area contributed by atoms with Crippen molar-refractivity contribution in [3.63, 3.8) is 0 Å². The van der Waals surface area contributed by atoms with E-state index in [0.29, 0.717) is 37.0 Å². The fourth-order valence-corrected chi connectivity index (χ4v) is 2.49. The van der Waals surface area contributed by atoms with Gasteiger partial charge in [0.1, 0.15) is 5.82 Å². The molecular formula is C17H23N5O3. The third-order valence-electron chi connectivity index (χ3n) is 3.93. The first-order chi connectivity index (χ1) is 12.1. The van der Waals surface area contributed by atoms with Crippen LogP contribution in [0.1, 0.15) is 37.9 Å². The lowest BCUT2D eigenvalue weighted by Gasteiger charge is -2.27. The van der Waals surface area contributed by atoms with E-state index in [4.69, 9.17) is 9.26 Å². The van der Waals surface area contributed by atoms with Crippen LogP contribution in [-0.4, -0.2) is 47.3 Å². The highest BCUT2D eigenvalue weighted by molar-refractivity contribution is 5.90. The predicted octanol–water partition coefficient (Wildman–Crippen LogP) is 2.00. The van der Waals surface area contributed by atoms with Crippen molar-refractivity contribution >= 4 is 17.4 Å². The normalized spacial score (nSPS) is 14.8. The molecule has 25 heavy (non-hydrogen) atoms. The molecule has 0 unspecified atom stereocenters. The van der Waals surface area contributed by atoms with Gasteiger partial charge in [-0.2, -0.15) is 4.98 Å². The van der Waals surface area contributed by atoms with Gasteiger partial charge in [-0.25, -0.2) is 4.98 Å². The molecule has 1 aliphatic rings. The predicted molar refractivity (Wildman–Crippen MR) is 92.6 cm³/mol. The Hall–Kier alpha value is -2.48. The number of aromatic nitrogens is 3. The van der Waals surface area contributed by atoms with Crippen LogP contribution in [0.3, 0.4) is 0 Å². The largest absolute Gasteiger partial charge is 0.378 e. The zero-order valence-electron chi connectivity index (χ0n) is 14.6. The third-order valence-corrected chi connectivity index (χ3v) is 3.93. The average molecular weight is 345 g/mol. The van der Waals surface area contributed by atoms with Gasteiger partial charge in [0.05, 0.1) is 25.1 Å². The van der Waals surface area contributed by atoms with Gasteiger partial charge in [0, 0.05) is 31.8 Å². The van der Waals surface area contributed by atoms with Crippen LogP contribution in [-0.2, 0) is 16.0 Å². The quantitative estimate of drug-likeness (QED) is 0.855. The minimum atomic E-state index is -0.106. The van der Waals surface area contributed by atoms with E-state index in [2.05, 4.69) is 25.3 Å². The monoisotopic (exact) mass is 345 g/mol. The lowest BCUT2D eigenvalue weighted by atomic mass is 10.2. The van der Waals surface area contributed by atoms with Gasteiger partial charge in [-0.15, -0.1) is 0 Å². The second kappa shape index (κ2) is 8.06. The lowest BCUT2D eigenvalue weighted by molar-refractivity contribution is -0.116. The van der Waals surface area contributed by atoms with Gasteiger partial charge in [0.25, 0.3) is 0 Å². The maximum atomic E-state index is 12.1. The number of hydrogen-bond donors (Lipinski definition) is 1. The molecule has 0 aliphatic carbocycles. The Morgan fingerprint density at radius 1 is 1.32 bits per heavy atom. The average Bonchev–Trinajstić information content (AvgIpc) is 3.11. The highest BCUT2D eigenvalue weighted by Gasteiger charge is 2.13. The zero-order valence-corrected chi connectivity index (χ0v) is 14.6. The summed E-state index contributed by atoms with van der Waals surface area (Å²) in [5.74, 6) is 2.15. The van der Waals surface area contributed by atoms with Crippen LogP contribution in [0.5, 0.6) is 0 Å². The summed E-state index contributed by atoms with van der Waals surface area (Å²) in [7, 11) is 0. The van der Waals surface area contributed by atoms with Crippen LogP contribution in [0.25, 0.3) is 0 Å². The molecule has 8 nitrogen and oxygen atoms in total. The molecule has 3 heterocycles. The zero-order chi connectivity index (χ0) is 17.6. The van der Waals surface area contributed by atoms with Crippen LogP contribution in [0.2, 0.25) is 0 Å². The molecule has 0 bridgehead atoms. The molecule has 8 heteroatoms. The van der Waals surface area contributed by atoms with E-state index >= 15 is 0 Å². The molecule has 2 aromatic heterocycles. The molecule has 1 aliphatic heterocycles. The smallest absolute Gasteiger partial charge is 0.227 e. The van der Waals surface area contributed by atoms with Crippen molar-refractivity contribution in [3.8, 4) is 0 Å². The summed E-state index contributed by atoms with van der Waals surface area (Å²) in [6.45, 7) is 7.09. The van der Waals surface area contributed by atoms with Gasteiger partial charge < -0.3 is 19.5 Å². The minimum absolute atomic E-state index is 0.106. The Morgan fingerprint density at radius 3 is 2.76 bits per heavy atom. The van der Waals surface area contributed by atoms with Crippen LogP contribution in [0.4, 0.5) is 11.5 Å². The van der Waals surface area contributed by atoms with E-state index in [-0.39, 0.29) is 18.2 Å². The van der Waals surface area contributed by atoms with Crippen LogP contribution < -0.4 is 10.2 Å². The first-order valence-corrected chi connectivity index (χ1v) is 8.53. The highest BCUT2D eigenvalue weighted by Crippen LogP contribution is 2.16. The summed E-state index contributed by atoms with van der Waals surface area (Å²) in [4.78, 5) is 22.9. The fraction of sp³-hybridized carbons (Fsp3) is 0.529. The molecule has 1 saturated heterocycles. The third kappa shape index (κ3) is 4.76. The number of nitrogens with zero attached hydrogens (tertiary/aromatic N) is 4. The van der Waals surface area contributed by atoms with E-state index < -0.39 is 0 Å². The van der Waals surface area contributed by atoms with Crippen molar-refractivity contribution in [2.45, 2.75) is 32.6 Å². The Balaban J connectivity index is 1.48. The number of aryl methyl sites for hydroxylation is 1. The lowest BCUT2D eigenvalue weighted by Crippen LogP contribution is -2.36. The summed E-state index contributed by atoms with van der Waals surface area (Å²) in [5.41, 5.74) is 0.676. The fourth-order valence-electron chi connectivity index (χ4n) is 2.49. The van der Waals surface area contributed by atoms with E-state index in [1.54, 1.807) is 6.20 Å². The van der Waals surface area contributed by atoms with Gasteiger partial charge >= 0.3 is 0 Å². The van der Waals surface area contributed by atoms with Gasteiger partial charge in [0.15, 0.2) is 5.82 Å². The maximum absolute atomic E-state index is 12.1. The van der Waals surface area contributed by atoms with Crippen LogP contribution in [0, 0.1) is 0 Å². The molecule has 134 valence electrons. The molecule has 1 fully saturated rings. The van der Waals surface area contributed by atoms with Crippen molar-refractivity contribution in [1.82, 2.24) is 15.1 Å². The number of ether oxygens (including phenoxy) is 1. The minimum Gasteiger partial charge on any atom is -0.378 e. The molecule has 0 atom stereocenters. The van der Waals surface area contributed by atoms with E-state index in [0.717, 1.165) is 18.9 Å². The summed E-state index contributed by atoms with van der Waals surface area (Å²) in [5, 5.41) is 6.73. The van der Waals surface area contributed by atoms with Crippen molar-refractivity contribution < 1.29 is 14.1 Å². The number of anilines is 2. The van der Waals surface area contributed by atoms with Gasteiger partial charge in [0.2, 0.25) is 11.8 Å².